The third kappa shape index (κ3) is 8.19. The summed E-state index contributed by atoms with van der Waals surface area (Å²) in [6.45, 7) is 8.62. The van der Waals surface area contributed by atoms with Crippen LogP contribution in [0.1, 0.15) is 43.7 Å². The molecule has 0 aromatic heterocycles. The first kappa shape index (κ1) is 25.8. The number of rotatable bonds is 4. The molecule has 0 saturated carbocycles. The summed E-state index contributed by atoms with van der Waals surface area (Å²) >= 11 is 0. The van der Waals surface area contributed by atoms with Crippen LogP contribution in [0.15, 0.2) is 29.3 Å². The molecule has 2 aliphatic heterocycles. The molecule has 2 heterocycles. The maximum Gasteiger partial charge on any atom is 0.416 e. The zero-order valence-electron chi connectivity index (χ0n) is 18.0. The molecule has 0 radical (unpaired) electrons. The van der Waals surface area contributed by atoms with E-state index in [0.29, 0.717) is 11.5 Å². The summed E-state index contributed by atoms with van der Waals surface area (Å²) in [7, 11) is 0. The number of nitrogens with zero attached hydrogens (tertiary/aromatic N) is 3. The number of hydrogen-bond acceptors (Lipinski definition) is 2. The van der Waals surface area contributed by atoms with Crippen molar-refractivity contribution < 1.29 is 13.2 Å². The Labute approximate surface area is 200 Å². The number of likely N-dealkylation sites (tertiary alicyclic amines) is 2. The number of nitrogens with one attached hydrogen (secondary N) is 1. The molecule has 2 fully saturated rings. The van der Waals surface area contributed by atoms with Crippen LogP contribution >= 0.6 is 24.0 Å². The highest BCUT2D eigenvalue weighted by molar-refractivity contribution is 14.0. The Morgan fingerprint density at radius 3 is 2.68 bits per heavy atom. The van der Waals surface area contributed by atoms with E-state index in [-0.39, 0.29) is 30.5 Å². The van der Waals surface area contributed by atoms with Gasteiger partial charge < -0.3 is 15.1 Å². The van der Waals surface area contributed by atoms with Crippen molar-refractivity contribution in [3.05, 3.63) is 35.4 Å². The minimum atomic E-state index is -4.35. The van der Waals surface area contributed by atoms with Gasteiger partial charge in [-0.25, -0.2) is 4.99 Å². The van der Waals surface area contributed by atoms with Gasteiger partial charge in [0.25, 0.3) is 0 Å². The number of alkyl halides is 3. The SMILES string of the molecule is CCNC(=NCC#Cc1cccc(C(F)(F)F)c1)N1CCC(CN2CCCCC2)C1.I. The summed E-state index contributed by atoms with van der Waals surface area (Å²) < 4.78 is 38.4. The lowest BCUT2D eigenvalue weighted by Crippen LogP contribution is -2.41. The predicted molar refractivity (Wildman–Crippen MR) is 130 cm³/mol. The summed E-state index contributed by atoms with van der Waals surface area (Å²) in [5.41, 5.74) is -0.323. The van der Waals surface area contributed by atoms with Gasteiger partial charge in [-0.1, -0.05) is 24.3 Å². The molecule has 4 nitrogen and oxygen atoms in total. The minimum Gasteiger partial charge on any atom is -0.356 e. The monoisotopic (exact) mass is 548 g/mol. The van der Waals surface area contributed by atoms with Gasteiger partial charge in [-0.15, -0.1) is 24.0 Å². The van der Waals surface area contributed by atoms with E-state index in [9.17, 15) is 13.2 Å². The number of guanidine groups is 1. The van der Waals surface area contributed by atoms with Crippen molar-refractivity contribution in [3.63, 3.8) is 0 Å². The highest BCUT2D eigenvalue weighted by Gasteiger charge is 2.30. The molecule has 2 aliphatic rings. The van der Waals surface area contributed by atoms with Crippen LogP contribution in [0.3, 0.4) is 0 Å². The normalized spacial score (nSPS) is 20.1. The fourth-order valence-electron chi connectivity index (χ4n) is 4.14. The first-order chi connectivity index (χ1) is 14.5. The van der Waals surface area contributed by atoms with Crippen LogP contribution in [0.4, 0.5) is 13.2 Å². The molecular weight excluding hydrogens is 516 g/mol. The molecule has 8 heteroatoms. The van der Waals surface area contributed by atoms with Crippen LogP contribution in [0.25, 0.3) is 0 Å². The third-order valence-corrected chi connectivity index (χ3v) is 5.62. The van der Waals surface area contributed by atoms with Crippen molar-refractivity contribution in [2.24, 2.45) is 10.9 Å². The Hall–Kier alpha value is -1.47. The molecule has 1 atom stereocenters. The van der Waals surface area contributed by atoms with Gasteiger partial charge in [0.1, 0.15) is 6.54 Å². The van der Waals surface area contributed by atoms with Gasteiger partial charge in [0.15, 0.2) is 5.96 Å². The van der Waals surface area contributed by atoms with Crippen molar-refractivity contribution >= 4 is 29.9 Å². The third-order valence-electron chi connectivity index (χ3n) is 5.62. The molecule has 1 aromatic rings. The van der Waals surface area contributed by atoms with Gasteiger partial charge >= 0.3 is 6.18 Å². The highest BCUT2D eigenvalue weighted by Crippen LogP contribution is 2.29. The van der Waals surface area contributed by atoms with Gasteiger partial charge in [0.05, 0.1) is 5.56 Å². The number of hydrogen-bond donors (Lipinski definition) is 1. The molecule has 0 bridgehead atoms. The molecule has 0 aliphatic carbocycles. The topological polar surface area (TPSA) is 30.9 Å². The number of aliphatic imine (C=N–C) groups is 1. The summed E-state index contributed by atoms with van der Waals surface area (Å²) in [5.74, 6) is 7.19. The van der Waals surface area contributed by atoms with E-state index in [2.05, 4.69) is 31.9 Å². The van der Waals surface area contributed by atoms with Gasteiger partial charge in [-0.2, -0.15) is 13.2 Å². The molecule has 172 valence electrons. The van der Waals surface area contributed by atoms with Crippen LogP contribution in [-0.4, -0.2) is 61.6 Å². The zero-order valence-corrected chi connectivity index (χ0v) is 20.4. The fraction of sp³-hybridized carbons (Fsp3) is 0.609. The quantitative estimate of drug-likeness (QED) is 0.261. The average molecular weight is 548 g/mol. The Morgan fingerprint density at radius 1 is 1.19 bits per heavy atom. The molecule has 2 saturated heterocycles. The lowest BCUT2D eigenvalue weighted by atomic mass is 10.1. The number of piperidine rings is 1. The highest BCUT2D eigenvalue weighted by atomic mass is 127. The van der Waals surface area contributed by atoms with E-state index >= 15 is 0 Å². The fourth-order valence-corrected chi connectivity index (χ4v) is 4.14. The Kier molecular flexibility index (Phi) is 10.4. The van der Waals surface area contributed by atoms with Gasteiger partial charge in [-0.3, -0.25) is 0 Å². The van der Waals surface area contributed by atoms with E-state index in [1.54, 1.807) is 6.07 Å². The Balaban J connectivity index is 0.00000341. The average Bonchev–Trinajstić information content (AvgIpc) is 3.19. The molecule has 1 aromatic carbocycles. The molecule has 3 rings (SSSR count). The molecule has 1 unspecified atom stereocenters. The van der Waals surface area contributed by atoms with Crippen LogP contribution in [-0.2, 0) is 6.18 Å². The van der Waals surface area contributed by atoms with E-state index < -0.39 is 11.7 Å². The number of halogens is 4. The van der Waals surface area contributed by atoms with Crippen LogP contribution in [0, 0.1) is 17.8 Å². The summed E-state index contributed by atoms with van der Waals surface area (Å²) in [5, 5.41) is 3.32. The first-order valence-electron chi connectivity index (χ1n) is 10.9. The van der Waals surface area contributed by atoms with Crippen molar-refractivity contribution in [2.45, 2.75) is 38.8 Å². The number of benzene rings is 1. The summed E-state index contributed by atoms with van der Waals surface area (Å²) in [6.07, 6.45) is 0.785. The standard InChI is InChI=1S/C23H31F3N4.HI/c1-2-27-22(30-15-11-20(18-30)17-29-13-4-3-5-14-29)28-12-7-9-19-8-6-10-21(16-19)23(24,25)26;/h6,8,10,16,20H,2-5,11-15,17-18H2,1H3,(H,27,28);1H. The molecule has 31 heavy (non-hydrogen) atoms. The minimum absolute atomic E-state index is 0. The van der Waals surface area contributed by atoms with E-state index in [1.165, 1.54) is 38.4 Å². The lowest BCUT2D eigenvalue weighted by molar-refractivity contribution is -0.137. The van der Waals surface area contributed by atoms with E-state index in [4.69, 9.17) is 0 Å². The molecular formula is C23H32F3IN4. The van der Waals surface area contributed by atoms with Crippen LogP contribution in [0.5, 0.6) is 0 Å². The summed E-state index contributed by atoms with van der Waals surface area (Å²) in [6, 6.07) is 5.10. The first-order valence-corrected chi connectivity index (χ1v) is 10.9. The van der Waals surface area contributed by atoms with Gasteiger partial charge in [0, 0.05) is 31.7 Å². The van der Waals surface area contributed by atoms with Crippen molar-refractivity contribution in [1.29, 1.82) is 0 Å². The van der Waals surface area contributed by atoms with Gasteiger partial charge in [-0.05, 0) is 63.4 Å². The van der Waals surface area contributed by atoms with Crippen molar-refractivity contribution in [2.75, 3.05) is 45.8 Å². The largest absolute Gasteiger partial charge is 0.416 e. The van der Waals surface area contributed by atoms with Crippen LogP contribution in [0.2, 0.25) is 0 Å². The van der Waals surface area contributed by atoms with E-state index in [1.807, 2.05) is 6.92 Å². The zero-order chi connectivity index (χ0) is 21.4. The Morgan fingerprint density at radius 2 is 1.97 bits per heavy atom. The smallest absolute Gasteiger partial charge is 0.356 e. The van der Waals surface area contributed by atoms with E-state index in [0.717, 1.165) is 50.7 Å². The Bertz CT molecular complexity index is 779. The van der Waals surface area contributed by atoms with Gasteiger partial charge in [0.2, 0.25) is 0 Å². The second-order valence-corrected chi connectivity index (χ2v) is 8.01. The maximum atomic E-state index is 12.8. The predicted octanol–water partition coefficient (Wildman–Crippen LogP) is 4.45. The second kappa shape index (κ2) is 12.5. The second-order valence-electron chi connectivity index (χ2n) is 8.01. The van der Waals surface area contributed by atoms with Crippen molar-refractivity contribution in [1.82, 2.24) is 15.1 Å². The van der Waals surface area contributed by atoms with Crippen LogP contribution < -0.4 is 5.32 Å². The summed E-state index contributed by atoms with van der Waals surface area (Å²) in [4.78, 5) is 9.45. The maximum absolute atomic E-state index is 12.8. The lowest BCUT2D eigenvalue weighted by Gasteiger charge is -2.29. The molecule has 0 spiro atoms. The molecule has 0 amide bonds. The van der Waals surface area contributed by atoms with Crippen molar-refractivity contribution in [3.8, 4) is 11.8 Å². The molecule has 1 N–H and O–H groups in total.